The summed E-state index contributed by atoms with van der Waals surface area (Å²) < 4.78 is 44.8. The van der Waals surface area contributed by atoms with E-state index in [1.165, 1.54) is 50.6 Å². The van der Waals surface area contributed by atoms with Crippen LogP contribution in [0.5, 0.6) is 69.0 Å². The molecular formula is C48H46O12. The minimum Gasteiger partial charge on any atom is -0.508 e. The van der Waals surface area contributed by atoms with Crippen molar-refractivity contribution in [1.29, 1.82) is 0 Å². The number of ketones is 2. The third-order valence-electron chi connectivity index (χ3n) is 9.56. The highest BCUT2D eigenvalue weighted by Gasteiger charge is 2.23. The van der Waals surface area contributed by atoms with Crippen LogP contribution in [0, 0.1) is 0 Å². The second kappa shape index (κ2) is 19.4. The van der Waals surface area contributed by atoms with Gasteiger partial charge in [-0.05, 0) is 121 Å². The fourth-order valence-electron chi connectivity index (χ4n) is 6.59. The van der Waals surface area contributed by atoms with Crippen molar-refractivity contribution >= 4 is 11.6 Å². The topological polar surface area (TPSA) is 148 Å². The quantitative estimate of drug-likeness (QED) is 0.0593. The number of hydrogen-bond acceptors (Lipinski definition) is 12. The van der Waals surface area contributed by atoms with Crippen LogP contribution in [0.4, 0.5) is 0 Å². The molecule has 12 nitrogen and oxygen atoms in total. The maximum absolute atomic E-state index is 13.9. The van der Waals surface area contributed by atoms with E-state index in [1.54, 1.807) is 77.0 Å². The van der Waals surface area contributed by atoms with Gasteiger partial charge in [-0.15, -0.1) is 0 Å². The Morgan fingerprint density at radius 1 is 0.333 bits per heavy atom. The molecule has 60 heavy (non-hydrogen) atoms. The molecule has 6 aromatic carbocycles. The van der Waals surface area contributed by atoms with Gasteiger partial charge in [-0.25, -0.2) is 0 Å². The Morgan fingerprint density at radius 2 is 0.567 bits per heavy atom. The van der Waals surface area contributed by atoms with Crippen molar-refractivity contribution in [2.75, 3.05) is 42.7 Å². The number of benzene rings is 6. The molecule has 0 heterocycles. The molecule has 0 aliphatic rings. The van der Waals surface area contributed by atoms with Crippen molar-refractivity contribution < 1.29 is 57.7 Å². The van der Waals surface area contributed by atoms with Crippen molar-refractivity contribution in [1.82, 2.24) is 0 Å². The molecule has 0 aliphatic heterocycles. The third kappa shape index (κ3) is 11.0. The first kappa shape index (κ1) is 42.3. The van der Waals surface area contributed by atoms with Crippen LogP contribution in [0.1, 0.15) is 43.0 Å². The molecule has 6 rings (SSSR count). The number of carbonyl (C=O) groups excluding carboxylic acids is 2. The largest absolute Gasteiger partial charge is 0.508 e. The van der Waals surface area contributed by atoms with Crippen LogP contribution in [0.15, 0.2) is 109 Å². The molecule has 0 saturated carbocycles. The summed E-state index contributed by atoms with van der Waals surface area (Å²) in [5.41, 5.74) is 3.52. The Kier molecular flexibility index (Phi) is 13.7. The fraction of sp³-hybridized carbons (Fsp3) is 0.208. The number of carbonyl (C=O) groups is 2. The number of rotatable bonds is 19. The van der Waals surface area contributed by atoms with Crippen molar-refractivity contribution in [3.63, 3.8) is 0 Å². The van der Waals surface area contributed by atoms with Gasteiger partial charge in [0.15, 0.2) is 0 Å². The van der Waals surface area contributed by atoms with E-state index in [9.17, 15) is 19.8 Å². The molecule has 0 fully saturated rings. The maximum Gasteiger partial charge on any atom is 0.233 e. The van der Waals surface area contributed by atoms with E-state index in [1.807, 2.05) is 24.3 Å². The third-order valence-corrected chi connectivity index (χ3v) is 9.56. The first-order valence-corrected chi connectivity index (χ1v) is 18.9. The lowest BCUT2D eigenvalue weighted by molar-refractivity contribution is 0.0816. The van der Waals surface area contributed by atoms with Gasteiger partial charge in [-0.2, -0.15) is 0 Å². The number of aryl methyl sites for hydroxylation is 4. The van der Waals surface area contributed by atoms with E-state index in [4.69, 9.17) is 37.9 Å². The minimum atomic E-state index is -0.851. The summed E-state index contributed by atoms with van der Waals surface area (Å²) in [6, 6.07) is 29.9. The van der Waals surface area contributed by atoms with Crippen molar-refractivity contribution in [2.24, 2.45) is 0 Å². The summed E-state index contributed by atoms with van der Waals surface area (Å²) in [4.78, 5) is 27.6. The van der Waals surface area contributed by atoms with E-state index in [0.717, 1.165) is 22.3 Å². The Hall–Kier alpha value is -7.34. The minimum absolute atomic E-state index is 0.0312. The summed E-state index contributed by atoms with van der Waals surface area (Å²) in [6.07, 6.45) is 2.29. The Bertz CT molecular complexity index is 2300. The van der Waals surface area contributed by atoms with E-state index in [0.29, 0.717) is 60.2 Å². The number of methoxy groups -OCH3 is 6. The number of aromatic hydroxyl groups is 2. The van der Waals surface area contributed by atoms with E-state index in [-0.39, 0.29) is 45.6 Å². The van der Waals surface area contributed by atoms with Crippen LogP contribution >= 0.6 is 0 Å². The molecular weight excluding hydrogens is 769 g/mol. The lowest BCUT2D eigenvalue weighted by Gasteiger charge is -2.14. The van der Waals surface area contributed by atoms with Gasteiger partial charge in [0.05, 0.1) is 42.7 Å². The second-order valence-electron chi connectivity index (χ2n) is 13.8. The maximum atomic E-state index is 13.9. The first-order chi connectivity index (χ1) is 29.0. The normalized spacial score (nSPS) is 10.7. The highest BCUT2D eigenvalue weighted by Crippen LogP contribution is 2.35. The molecule has 6 aromatic rings. The number of phenolic OH excluding ortho intramolecular Hbond substituents is 2. The monoisotopic (exact) mass is 814 g/mol. The predicted molar refractivity (Wildman–Crippen MR) is 225 cm³/mol. The van der Waals surface area contributed by atoms with Crippen LogP contribution < -0.4 is 37.9 Å². The molecule has 0 radical (unpaired) electrons. The van der Waals surface area contributed by atoms with Gasteiger partial charge < -0.3 is 48.1 Å². The van der Waals surface area contributed by atoms with Crippen LogP contribution in [0.2, 0.25) is 0 Å². The summed E-state index contributed by atoms with van der Waals surface area (Å²) in [5.74, 6) is 2.44. The van der Waals surface area contributed by atoms with Crippen LogP contribution in [-0.4, -0.2) is 64.4 Å². The molecule has 0 aromatic heterocycles. The van der Waals surface area contributed by atoms with Gasteiger partial charge in [0.1, 0.15) is 69.0 Å². The zero-order chi connectivity index (χ0) is 42.8. The van der Waals surface area contributed by atoms with E-state index >= 15 is 0 Å². The zero-order valence-electron chi connectivity index (χ0n) is 34.2. The van der Waals surface area contributed by atoms with Gasteiger partial charge in [-0.1, -0.05) is 0 Å². The highest BCUT2D eigenvalue weighted by atomic mass is 16.5. The van der Waals surface area contributed by atoms with Crippen molar-refractivity contribution in [3.8, 4) is 69.0 Å². The molecule has 2 N–H and O–H groups in total. The standard InChI is InChI=1S/C48H46O12/c1-53-37-13-31(14-38(25-37)54-2)9-7-29-11-35(49)23-43(17-29)59-45-21-34(48(52)47(51)33-19-41(57-5)27-42(20-33)58-6)22-46(28-45)60-44-18-30(12-36(50)24-44)8-10-32-15-39(55-3)26-40(16-32)56-4/h11-28,49-50H,7-10H2,1-6H3. The van der Waals surface area contributed by atoms with E-state index < -0.39 is 11.6 Å². The fourth-order valence-corrected chi connectivity index (χ4v) is 6.59. The van der Waals surface area contributed by atoms with Crippen LogP contribution in [0.3, 0.4) is 0 Å². The summed E-state index contributed by atoms with van der Waals surface area (Å²) >= 11 is 0. The molecule has 0 saturated heterocycles. The highest BCUT2D eigenvalue weighted by molar-refractivity contribution is 6.49. The smallest absolute Gasteiger partial charge is 0.233 e. The molecule has 12 heteroatoms. The Morgan fingerprint density at radius 3 is 0.883 bits per heavy atom. The van der Waals surface area contributed by atoms with Gasteiger partial charge in [0, 0.05) is 47.5 Å². The molecule has 0 atom stereocenters. The lowest BCUT2D eigenvalue weighted by atomic mass is 10.0. The van der Waals surface area contributed by atoms with Crippen molar-refractivity contribution in [3.05, 3.63) is 143 Å². The Balaban J connectivity index is 1.30. The molecule has 0 spiro atoms. The second-order valence-corrected chi connectivity index (χ2v) is 13.8. The van der Waals surface area contributed by atoms with Gasteiger partial charge in [0.2, 0.25) is 11.6 Å². The summed E-state index contributed by atoms with van der Waals surface area (Å²) in [7, 11) is 9.25. The van der Waals surface area contributed by atoms with Crippen LogP contribution in [-0.2, 0) is 25.7 Å². The predicted octanol–water partition coefficient (Wildman–Crippen LogP) is 9.37. The molecule has 0 aliphatic carbocycles. The molecule has 310 valence electrons. The number of Topliss-reactive ketones (excluding diaryl/α,β-unsaturated/α-hetero) is 2. The van der Waals surface area contributed by atoms with Crippen molar-refractivity contribution in [2.45, 2.75) is 25.7 Å². The van der Waals surface area contributed by atoms with E-state index in [2.05, 4.69) is 0 Å². The SMILES string of the molecule is COc1cc(CCc2cc(O)cc(Oc3cc(Oc4cc(O)cc(CCc5cc(OC)cc(OC)c5)c4)cc(C(=O)C(=O)c4cc(OC)cc(OC)c4)c3)c2)cc(OC)c1. The number of hydrogen-bond donors (Lipinski definition) is 2. The Labute approximate surface area is 348 Å². The molecule has 0 amide bonds. The van der Waals surface area contributed by atoms with Gasteiger partial charge >= 0.3 is 0 Å². The molecule has 0 bridgehead atoms. The average molecular weight is 815 g/mol. The van der Waals surface area contributed by atoms with Crippen LogP contribution in [0.25, 0.3) is 0 Å². The number of ether oxygens (including phenoxy) is 8. The van der Waals surface area contributed by atoms with Gasteiger partial charge in [0.25, 0.3) is 0 Å². The summed E-state index contributed by atoms with van der Waals surface area (Å²) in [5, 5.41) is 21.5. The number of phenols is 2. The lowest BCUT2D eigenvalue weighted by Crippen LogP contribution is -2.15. The van der Waals surface area contributed by atoms with Gasteiger partial charge in [-0.3, -0.25) is 9.59 Å². The summed E-state index contributed by atoms with van der Waals surface area (Å²) in [6.45, 7) is 0. The zero-order valence-corrected chi connectivity index (χ0v) is 34.2. The average Bonchev–Trinajstić information content (AvgIpc) is 3.26. The first-order valence-electron chi connectivity index (χ1n) is 18.9. The molecule has 0 unspecified atom stereocenters.